The molecule has 17 heavy (non-hydrogen) atoms. The lowest BCUT2D eigenvalue weighted by atomic mass is 10.2. The molecular formula is C11H10ClNO2S2. The molecule has 1 heterocycles. The molecule has 2 rings (SSSR count). The first kappa shape index (κ1) is 12.4. The molecule has 1 aromatic heterocycles. The largest absolute Gasteiger partial charge is 0.279 e. The van der Waals surface area contributed by atoms with Gasteiger partial charge in [-0.1, -0.05) is 23.7 Å². The quantitative estimate of drug-likeness (QED) is 0.939. The normalized spacial score (nSPS) is 11.4. The van der Waals surface area contributed by atoms with Crippen LogP contribution in [-0.4, -0.2) is 8.42 Å². The second-order valence-corrected chi connectivity index (χ2v) is 7.16. The van der Waals surface area contributed by atoms with Gasteiger partial charge in [-0.05, 0) is 36.8 Å². The molecule has 0 unspecified atom stereocenters. The lowest BCUT2D eigenvalue weighted by Gasteiger charge is -2.06. The molecule has 2 aromatic rings. The smallest absolute Gasteiger partial charge is 0.271 e. The molecule has 3 nitrogen and oxygen atoms in total. The minimum absolute atomic E-state index is 0.212. The average molecular weight is 288 g/mol. The third-order valence-electron chi connectivity index (χ3n) is 2.08. The van der Waals surface area contributed by atoms with Gasteiger partial charge in [0.05, 0.1) is 4.34 Å². The molecule has 0 aliphatic heterocycles. The predicted molar refractivity (Wildman–Crippen MR) is 71.3 cm³/mol. The number of rotatable bonds is 3. The average Bonchev–Trinajstić information content (AvgIpc) is 2.65. The summed E-state index contributed by atoms with van der Waals surface area (Å²) in [7, 11) is -3.53. The van der Waals surface area contributed by atoms with Gasteiger partial charge in [-0.2, -0.15) is 0 Å². The van der Waals surface area contributed by atoms with E-state index in [0.717, 1.165) is 16.9 Å². The molecule has 1 aromatic carbocycles. The van der Waals surface area contributed by atoms with Crippen molar-refractivity contribution in [3.8, 4) is 0 Å². The lowest BCUT2D eigenvalue weighted by molar-refractivity contribution is 0.603. The highest BCUT2D eigenvalue weighted by Gasteiger charge is 2.16. The summed E-state index contributed by atoms with van der Waals surface area (Å²) in [5.74, 6) is 0. The maximum atomic E-state index is 12.0. The van der Waals surface area contributed by atoms with Crippen LogP contribution in [0.15, 0.2) is 40.6 Å². The monoisotopic (exact) mass is 287 g/mol. The van der Waals surface area contributed by atoms with Crippen LogP contribution in [0.5, 0.6) is 0 Å². The number of aryl methyl sites for hydroxylation is 1. The van der Waals surface area contributed by atoms with Crippen molar-refractivity contribution in [2.24, 2.45) is 0 Å². The molecule has 0 aliphatic rings. The van der Waals surface area contributed by atoms with Crippen LogP contribution in [0.4, 0.5) is 5.69 Å². The SMILES string of the molecule is Cc1cccc(NS(=O)(=O)c2ccc(Cl)s2)c1. The number of anilines is 1. The highest BCUT2D eigenvalue weighted by molar-refractivity contribution is 7.94. The Morgan fingerprint density at radius 3 is 2.59 bits per heavy atom. The number of benzene rings is 1. The first-order valence-electron chi connectivity index (χ1n) is 4.82. The van der Waals surface area contributed by atoms with E-state index in [2.05, 4.69) is 4.72 Å². The number of hydrogen-bond donors (Lipinski definition) is 1. The first-order chi connectivity index (χ1) is 7.97. The van der Waals surface area contributed by atoms with Crippen molar-refractivity contribution in [2.45, 2.75) is 11.1 Å². The van der Waals surface area contributed by atoms with Crippen molar-refractivity contribution in [3.05, 3.63) is 46.3 Å². The third kappa shape index (κ3) is 3.00. The van der Waals surface area contributed by atoms with Gasteiger partial charge in [-0.15, -0.1) is 11.3 Å². The molecule has 0 bridgehead atoms. The zero-order valence-corrected chi connectivity index (χ0v) is 11.4. The van der Waals surface area contributed by atoms with Gasteiger partial charge in [0, 0.05) is 5.69 Å². The predicted octanol–water partition coefficient (Wildman–Crippen LogP) is 3.51. The van der Waals surface area contributed by atoms with E-state index in [4.69, 9.17) is 11.6 Å². The molecule has 0 amide bonds. The Balaban J connectivity index is 2.29. The van der Waals surface area contributed by atoms with Crippen LogP contribution in [0.25, 0.3) is 0 Å². The summed E-state index contributed by atoms with van der Waals surface area (Å²) in [6.07, 6.45) is 0. The third-order valence-corrected chi connectivity index (χ3v) is 5.19. The highest BCUT2D eigenvalue weighted by Crippen LogP contribution is 2.27. The fraction of sp³-hybridized carbons (Fsp3) is 0.0909. The van der Waals surface area contributed by atoms with Gasteiger partial charge >= 0.3 is 0 Å². The number of thiophene rings is 1. The van der Waals surface area contributed by atoms with Crippen LogP contribution in [0.2, 0.25) is 4.34 Å². The van der Waals surface area contributed by atoms with Crippen molar-refractivity contribution >= 4 is 38.6 Å². The molecule has 0 fully saturated rings. The summed E-state index contributed by atoms with van der Waals surface area (Å²) in [5.41, 5.74) is 1.55. The van der Waals surface area contributed by atoms with E-state index in [9.17, 15) is 8.42 Å². The van der Waals surface area contributed by atoms with Crippen molar-refractivity contribution in [1.82, 2.24) is 0 Å². The molecule has 0 saturated heterocycles. The number of nitrogens with one attached hydrogen (secondary N) is 1. The number of sulfonamides is 1. The molecule has 6 heteroatoms. The molecule has 90 valence electrons. The summed E-state index contributed by atoms with van der Waals surface area (Å²) >= 11 is 6.75. The Morgan fingerprint density at radius 2 is 2.00 bits per heavy atom. The molecular weight excluding hydrogens is 278 g/mol. The molecule has 0 spiro atoms. The second-order valence-electron chi connectivity index (χ2n) is 3.53. The summed E-state index contributed by atoms with van der Waals surface area (Å²) in [6.45, 7) is 1.90. The van der Waals surface area contributed by atoms with Crippen LogP contribution in [-0.2, 0) is 10.0 Å². The van der Waals surface area contributed by atoms with Gasteiger partial charge in [-0.25, -0.2) is 8.42 Å². The minimum Gasteiger partial charge on any atom is -0.279 e. The first-order valence-corrected chi connectivity index (χ1v) is 7.50. The Hall–Kier alpha value is -1.04. The highest BCUT2D eigenvalue weighted by atomic mass is 35.5. The lowest BCUT2D eigenvalue weighted by Crippen LogP contribution is -2.11. The maximum Gasteiger partial charge on any atom is 0.271 e. The van der Waals surface area contributed by atoms with Crippen molar-refractivity contribution in [1.29, 1.82) is 0 Å². The van der Waals surface area contributed by atoms with Gasteiger partial charge in [-0.3, -0.25) is 4.72 Å². The van der Waals surface area contributed by atoms with Crippen molar-refractivity contribution in [2.75, 3.05) is 4.72 Å². The summed E-state index contributed by atoms with van der Waals surface area (Å²) in [5, 5.41) is 0. The topological polar surface area (TPSA) is 46.2 Å². The van der Waals surface area contributed by atoms with Crippen molar-refractivity contribution in [3.63, 3.8) is 0 Å². The van der Waals surface area contributed by atoms with E-state index in [1.165, 1.54) is 6.07 Å². The minimum atomic E-state index is -3.53. The molecule has 1 N–H and O–H groups in total. The second kappa shape index (κ2) is 4.68. The van der Waals surface area contributed by atoms with Crippen LogP contribution in [0, 0.1) is 6.92 Å². The maximum absolute atomic E-state index is 12.0. The van der Waals surface area contributed by atoms with E-state index in [1.54, 1.807) is 24.3 Å². The van der Waals surface area contributed by atoms with Gasteiger partial charge < -0.3 is 0 Å². The Bertz CT molecular complexity index is 634. The van der Waals surface area contributed by atoms with E-state index in [-0.39, 0.29) is 4.21 Å². The van der Waals surface area contributed by atoms with Crippen LogP contribution in [0.3, 0.4) is 0 Å². The van der Waals surface area contributed by atoms with Crippen LogP contribution in [0.1, 0.15) is 5.56 Å². The van der Waals surface area contributed by atoms with Crippen LogP contribution >= 0.6 is 22.9 Å². The zero-order valence-electron chi connectivity index (χ0n) is 8.98. The molecule has 0 saturated carbocycles. The molecule has 0 atom stereocenters. The fourth-order valence-corrected chi connectivity index (χ4v) is 3.89. The van der Waals surface area contributed by atoms with Gasteiger partial charge in [0.2, 0.25) is 0 Å². The standard InChI is InChI=1S/C11H10ClNO2S2/c1-8-3-2-4-9(7-8)13-17(14,15)11-6-5-10(12)16-11/h2-7,13H,1H3. The summed E-state index contributed by atoms with van der Waals surface area (Å²) in [4.78, 5) is 0. The van der Waals surface area contributed by atoms with Gasteiger partial charge in [0.1, 0.15) is 4.21 Å². The van der Waals surface area contributed by atoms with Crippen LogP contribution < -0.4 is 4.72 Å². The number of hydrogen-bond acceptors (Lipinski definition) is 3. The van der Waals surface area contributed by atoms with Gasteiger partial charge in [0.15, 0.2) is 0 Å². The van der Waals surface area contributed by atoms with E-state index >= 15 is 0 Å². The summed E-state index contributed by atoms with van der Waals surface area (Å²) < 4.78 is 27.1. The number of halogens is 1. The Kier molecular flexibility index (Phi) is 3.42. The Labute approximate surface area is 109 Å². The van der Waals surface area contributed by atoms with E-state index in [1.807, 2.05) is 13.0 Å². The van der Waals surface area contributed by atoms with E-state index < -0.39 is 10.0 Å². The zero-order chi connectivity index (χ0) is 12.5. The van der Waals surface area contributed by atoms with Gasteiger partial charge in [0.25, 0.3) is 10.0 Å². The van der Waals surface area contributed by atoms with Crippen molar-refractivity contribution < 1.29 is 8.42 Å². The molecule has 0 aliphatic carbocycles. The fourth-order valence-electron chi connectivity index (χ4n) is 1.36. The summed E-state index contributed by atoms with van der Waals surface area (Å²) in [6, 6.07) is 10.2. The molecule has 0 radical (unpaired) electrons. The van der Waals surface area contributed by atoms with E-state index in [0.29, 0.717) is 10.0 Å². The Morgan fingerprint density at radius 1 is 1.24 bits per heavy atom.